The predicted octanol–water partition coefficient (Wildman–Crippen LogP) is 4.26. The van der Waals surface area contributed by atoms with E-state index >= 15 is 4.39 Å². The molecule has 1 amide bonds. The van der Waals surface area contributed by atoms with Crippen LogP contribution in [0.25, 0.3) is 0 Å². The lowest BCUT2D eigenvalue weighted by atomic mass is 9.80. The predicted molar refractivity (Wildman–Crippen MR) is 94.2 cm³/mol. The second-order valence-corrected chi connectivity index (χ2v) is 7.00. The lowest BCUT2D eigenvalue weighted by Crippen LogP contribution is -2.45. The molecule has 0 saturated carbocycles. The lowest BCUT2D eigenvalue weighted by molar-refractivity contribution is -0.136. The fourth-order valence-corrected chi connectivity index (χ4v) is 3.67. The molecular formula is C18H17Cl2FN2O2. The first-order chi connectivity index (χ1) is 11.8. The number of hydrogen-bond acceptors (Lipinski definition) is 3. The molecule has 1 aromatic heterocycles. The number of amides is 1. The Labute approximate surface area is 155 Å². The number of carbonyl (C=O) groups excluding carboxylic acids is 1. The molecule has 3 rings (SSSR count). The number of alkyl halides is 1. The van der Waals surface area contributed by atoms with Gasteiger partial charge in [0, 0.05) is 21.8 Å². The van der Waals surface area contributed by atoms with Gasteiger partial charge < -0.3 is 10.4 Å². The number of aliphatic hydroxyl groups is 1. The molecule has 1 heterocycles. The Balaban J connectivity index is 1.87. The van der Waals surface area contributed by atoms with Crippen LogP contribution in [0, 0.1) is 0 Å². The van der Waals surface area contributed by atoms with Crippen molar-refractivity contribution >= 4 is 29.1 Å². The van der Waals surface area contributed by atoms with Crippen LogP contribution in [0.5, 0.6) is 0 Å². The van der Waals surface area contributed by atoms with Crippen molar-refractivity contribution in [1.29, 1.82) is 0 Å². The van der Waals surface area contributed by atoms with E-state index in [1.165, 1.54) is 12.3 Å². The molecule has 0 radical (unpaired) electrons. The topological polar surface area (TPSA) is 62.2 Å². The van der Waals surface area contributed by atoms with Gasteiger partial charge in [0.25, 0.3) is 5.91 Å². The maximum Gasteiger partial charge on any atom is 0.262 e. The highest BCUT2D eigenvalue weighted by Gasteiger charge is 2.47. The summed E-state index contributed by atoms with van der Waals surface area (Å²) in [5.41, 5.74) is -1.27. The Bertz CT molecular complexity index is 817. The molecule has 1 aliphatic rings. The summed E-state index contributed by atoms with van der Waals surface area (Å²) in [6, 6.07) is 7.47. The molecule has 25 heavy (non-hydrogen) atoms. The van der Waals surface area contributed by atoms with Gasteiger partial charge in [0.05, 0.1) is 17.8 Å². The van der Waals surface area contributed by atoms with E-state index in [0.29, 0.717) is 15.6 Å². The van der Waals surface area contributed by atoms with E-state index in [0.717, 1.165) is 0 Å². The zero-order valence-corrected chi connectivity index (χ0v) is 15.0. The standard InChI is InChI=1S/C18H17Cl2FN2O2/c1-10(12-5-4-11(19)9-14(12)20)23-17(25)18(21)7-6-15(24)16-13(18)3-2-8-22-16/h2-5,8-10,15,24H,6-7H2,1H3,(H,23,25)/t10?,15-,18-/m0/s1. The number of hydrogen-bond donors (Lipinski definition) is 2. The van der Waals surface area contributed by atoms with Crippen LogP contribution in [-0.2, 0) is 10.5 Å². The Morgan fingerprint density at radius 1 is 1.44 bits per heavy atom. The second-order valence-electron chi connectivity index (χ2n) is 6.15. The molecular weight excluding hydrogens is 366 g/mol. The van der Waals surface area contributed by atoms with E-state index in [2.05, 4.69) is 10.3 Å². The van der Waals surface area contributed by atoms with Crippen molar-refractivity contribution in [2.45, 2.75) is 37.6 Å². The molecule has 132 valence electrons. The molecule has 0 saturated heterocycles. The molecule has 1 unspecified atom stereocenters. The maximum atomic E-state index is 15.6. The van der Waals surface area contributed by atoms with E-state index in [9.17, 15) is 9.90 Å². The minimum atomic E-state index is -2.24. The third-order valence-corrected chi connectivity index (χ3v) is 5.04. The normalized spacial score (nSPS) is 23.6. The number of aliphatic hydroxyl groups excluding tert-OH is 1. The second kappa shape index (κ2) is 6.90. The minimum Gasteiger partial charge on any atom is -0.387 e. The van der Waals surface area contributed by atoms with E-state index in [1.54, 1.807) is 31.2 Å². The maximum absolute atomic E-state index is 15.6. The highest BCUT2D eigenvalue weighted by Crippen LogP contribution is 2.42. The number of aromatic nitrogens is 1. The number of benzene rings is 1. The van der Waals surface area contributed by atoms with Crippen LogP contribution in [-0.4, -0.2) is 16.0 Å². The monoisotopic (exact) mass is 382 g/mol. The summed E-state index contributed by atoms with van der Waals surface area (Å²) < 4.78 is 15.6. The van der Waals surface area contributed by atoms with Crippen molar-refractivity contribution in [1.82, 2.24) is 10.3 Å². The average molecular weight is 383 g/mol. The highest BCUT2D eigenvalue weighted by molar-refractivity contribution is 6.35. The van der Waals surface area contributed by atoms with E-state index in [4.69, 9.17) is 23.2 Å². The van der Waals surface area contributed by atoms with Gasteiger partial charge in [-0.2, -0.15) is 0 Å². The summed E-state index contributed by atoms with van der Waals surface area (Å²) >= 11 is 12.0. The zero-order chi connectivity index (χ0) is 18.2. The van der Waals surface area contributed by atoms with Gasteiger partial charge in [-0.25, -0.2) is 4.39 Å². The average Bonchev–Trinajstić information content (AvgIpc) is 2.58. The number of rotatable bonds is 3. The summed E-state index contributed by atoms with van der Waals surface area (Å²) in [4.78, 5) is 16.7. The Hall–Kier alpha value is -1.69. The Kier molecular flexibility index (Phi) is 5.00. The van der Waals surface area contributed by atoms with Gasteiger partial charge in [-0.05, 0) is 43.5 Å². The van der Waals surface area contributed by atoms with Gasteiger partial charge in [-0.15, -0.1) is 0 Å². The number of fused-ring (bicyclic) bond motifs is 1. The summed E-state index contributed by atoms with van der Waals surface area (Å²) in [5, 5.41) is 13.6. The number of pyridine rings is 1. The Morgan fingerprint density at radius 3 is 2.92 bits per heavy atom. The first kappa shape index (κ1) is 18.1. The van der Waals surface area contributed by atoms with E-state index in [1.807, 2.05) is 0 Å². The van der Waals surface area contributed by atoms with Crippen molar-refractivity contribution in [2.75, 3.05) is 0 Å². The molecule has 0 fully saturated rings. The molecule has 2 aromatic rings. The first-order valence-corrected chi connectivity index (χ1v) is 8.67. The van der Waals surface area contributed by atoms with Gasteiger partial charge in [-0.1, -0.05) is 35.3 Å². The molecule has 4 nitrogen and oxygen atoms in total. The third kappa shape index (κ3) is 3.36. The number of halogens is 3. The van der Waals surface area contributed by atoms with Crippen molar-refractivity contribution in [2.24, 2.45) is 0 Å². The Morgan fingerprint density at radius 2 is 2.20 bits per heavy atom. The molecule has 1 aromatic carbocycles. The SMILES string of the molecule is CC(NC(=O)[C@]1(F)CC[C@H](O)c2ncccc21)c1ccc(Cl)cc1Cl. The van der Waals surface area contributed by atoms with Crippen LogP contribution < -0.4 is 5.32 Å². The number of nitrogens with one attached hydrogen (secondary N) is 1. The summed E-state index contributed by atoms with van der Waals surface area (Å²) in [7, 11) is 0. The molecule has 7 heteroatoms. The molecule has 0 bridgehead atoms. The van der Waals surface area contributed by atoms with Crippen LogP contribution in [0.15, 0.2) is 36.5 Å². The van der Waals surface area contributed by atoms with E-state index in [-0.39, 0.29) is 24.1 Å². The fourth-order valence-electron chi connectivity index (χ4n) is 3.10. The van der Waals surface area contributed by atoms with Gasteiger partial charge in [0.1, 0.15) is 0 Å². The summed E-state index contributed by atoms with van der Waals surface area (Å²) in [6.07, 6.45) is 0.627. The molecule has 1 aliphatic carbocycles. The zero-order valence-electron chi connectivity index (χ0n) is 13.5. The van der Waals surface area contributed by atoms with Gasteiger partial charge >= 0.3 is 0 Å². The van der Waals surface area contributed by atoms with Crippen LogP contribution in [0.4, 0.5) is 4.39 Å². The smallest absolute Gasteiger partial charge is 0.262 e. The van der Waals surface area contributed by atoms with E-state index < -0.39 is 23.7 Å². The van der Waals surface area contributed by atoms with Crippen LogP contribution >= 0.6 is 23.2 Å². The van der Waals surface area contributed by atoms with Crippen molar-refractivity contribution in [3.63, 3.8) is 0 Å². The number of carbonyl (C=O) groups is 1. The molecule has 3 atom stereocenters. The van der Waals surface area contributed by atoms with Gasteiger partial charge in [-0.3, -0.25) is 9.78 Å². The molecule has 0 spiro atoms. The van der Waals surface area contributed by atoms with Gasteiger partial charge in [0.15, 0.2) is 0 Å². The minimum absolute atomic E-state index is 0.111. The molecule has 2 N–H and O–H groups in total. The van der Waals surface area contributed by atoms with Crippen LogP contribution in [0.3, 0.4) is 0 Å². The van der Waals surface area contributed by atoms with Gasteiger partial charge in [0.2, 0.25) is 5.67 Å². The van der Waals surface area contributed by atoms with Crippen molar-refractivity contribution < 1.29 is 14.3 Å². The van der Waals surface area contributed by atoms with Crippen molar-refractivity contribution in [3.8, 4) is 0 Å². The number of nitrogens with zero attached hydrogens (tertiary/aromatic N) is 1. The van der Waals surface area contributed by atoms with Crippen LogP contribution in [0.1, 0.15) is 48.7 Å². The highest BCUT2D eigenvalue weighted by atomic mass is 35.5. The largest absolute Gasteiger partial charge is 0.387 e. The summed E-state index contributed by atoms with van der Waals surface area (Å²) in [6.45, 7) is 1.72. The summed E-state index contributed by atoms with van der Waals surface area (Å²) in [5.74, 6) is -0.771. The lowest BCUT2D eigenvalue weighted by Gasteiger charge is -2.33. The quantitative estimate of drug-likeness (QED) is 0.833. The fraction of sp³-hybridized carbons (Fsp3) is 0.333. The molecule has 0 aliphatic heterocycles. The third-order valence-electron chi connectivity index (χ3n) is 4.48. The van der Waals surface area contributed by atoms with Crippen molar-refractivity contribution in [3.05, 3.63) is 63.4 Å². The van der Waals surface area contributed by atoms with Crippen LogP contribution in [0.2, 0.25) is 10.0 Å². The first-order valence-electron chi connectivity index (χ1n) is 7.91.